The summed E-state index contributed by atoms with van der Waals surface area (Å²) in [5.41, 5.74) is -0.0270. The van der Waals surface area contributed by atoms with Gasteiger partial charge in [0.1, 0.15) is 0 Å². The highest BCUT2D eigenvalue weighted by atomic mass is 16.5. The van der Waals surface area contributed by atoms with Crippen LogP contribution in [-0.2, 0) is 14.3 Å². The standard InChI is InChI=1S/C21H36N2O3/c1-17(24)22-11-7-19-8-14-26-21(16-19)9-12-23(13-10-21)20(25)15-18-5-3-2-4-6-18/h18-19H,2-16H2,1H3,(H,22,24). The maximum Gasteiger partial charge on any atom is 0.222 e. The molecule has 2 aliphatic heterocycles. The molecule has 1 aliphatic carbocycles. The first-order valence-electron chi connectivity index (χ1n) is 10.7. The van der Waals surface area contributed by atoms with Gasteiger partial charge in [-0.05, 0) is 56.8 Å². The van der Waals surface area contributed by atoms with E-state index >= 15 is 0 Å². The van der Waals surface area contributed by atoms with Crippen LogP contribution in [0.1, 0.15) is 77.6 Å². The molecule has 1 saturated carbocycles. The number of piperidine rings is 1. The Morgan fingerprint density at radius 1 is 1.08 bits per heavy atom. The lowest BCUT2D eigenvalue weighted by Gasteiger charge is -2.46. The number of rotatable bonds is 5. The number of likely N-dealkylation sites (tertiary alicyclic amines) is 1. The molecule has 5 nitrogen and oxygen atoms in total. The van der Waals surface area contributed by atoms with Crippen LogP contribution in [0.15, 0.2) is 0 Å². The summed E-state index contributed by atoms with van der Waals surface area (Å²) in [6, 6.07) is 0. The second-order valence-corrected chi connectivity index (χ2v) is 8.75. The van der Waals surface area contributed by atoms with E-state index < -0.39 is 0 Å². The van der Waals surface area contributed by atoms with Crippen LogP contribution in [0.3, 0.4) is 0 Å². The second-order valence-electron chi connectivity index (χ2n) is 8.75. The highest BCUT2D eigenvalue weighted by Crippen LogP contribution is 2.39. The van der Waals surface area contributed by atoms with E-state index in [1.807, 2.05) is 0 Å². The molecule has 2 saturated heterocycles. The molecule has 5 heteroatoms. The topological polar surface area (TPSA) is 58.6 Å². The van der Waals surface area contributed by atoms with E-state index in [-0.39, 0.29) is 11.5 Å². The Morgan fingerprint density at radius 3 is 2.50 bits per heavy atom. The van der Waals surface area contributed by atoms with Crippen molar-refractivity contribution in [2.24, 2.45) is 11.8 Å². The summed E-state index contributed by atoms with van der Waals surface area (Å²) in [6.45, 7) is 4.86. The minimum absolute atomic E-state index is 0.0270. The molecule has 2 amide bonds. The molecule has 0 aromatic carbocycles. The number of hydrogen-bond donors (Lipinski definition) is 1. The fourth-order valence-corrected chi connectivity index (χ4v) is 5.11. The largest absolute Gasteiger partial charge is 0.375 e. The van der Waals surface area contributed by atoms with Gasteiger partial charge >= 0.3 is 0 Å². The third kappa shape index (κ3) is 5.45. The lowest BCUT2D eigenvalue weighted by atomic mass is 9.78. The Morgan fingerprint density at radius 2 is 1.81 bits per heavy atom. The summed E-state index contributed by atoms with van der Waals surface area (Å²) in [5, 5.41) is 2.91. The number of ether oxygens (including phenoxy) is 1. The van der Waals surface area contributed by atoms with Crippen molar-refractivity contribution < 1.29 is 14.3 Å². The minimum atomic E-state index is -0.0270. The van der Waals surface area contributed by atoms with Crippen molar-refractivity contribution in [1.82, 2.24) is 10.2 Å². The molecule has 26 heavy (non-hydrogen) atoms. The van der Waals surface area contributed by atoms with Gasteiger partial charge in [0, 0.05) is 39.6 Å². The van der Waals surface area contributed by atoms with E-state index in [0.717, 1.165) is 64.8 Å². The number of nitrogens with zero attached hydrogens (tertiary/aromatic N) is 1. The zero-order valence-electron chi connectivity index (χ0n) is 16.4. The molecule has 0 aromatic rings. The molecule has 0 bridgehead atoms. The minimum Gasteiger partial charge on any atom is -0.375 e. The van der Waals surface area contributed by atoms with Gasteiger partial charge in [0.25, 0.3) is 0 Å². The third-order valence-electron chi connectivity index (χ3n) is 6.74. The number of carbonyl (C=O) groups excluding carboxylic acids is 2. The quantitative estimate of drug-likeness (QED) is 0.814. The fraction of sp³-hybridized carbons (Fsp3) is 0.905. The summed E-state index contributed by atoms with van der Waals surface area (Å²) in [5.74, 6) is 1.66. The van der Waals surface area contributed by atoms with Gasteiger partial charge in [-0.25, -0.2) is 0 Å². The van der Waals surface area contributed by atoms with Crippen molar-refractivity contribution in [3.05, 3.63) is 0 Å². The second kappa shape index (κ2) is 9.20. The molecule has 3 fully saturated rings. The van der Waals surface area contributed by atoms with Crippen LogP contribution in [0.25, 0.3) is 0 Å². The first-order chi connectivity index (χ1) is 12.6. The van der Waals surface area contributed by atoms with Gasteiger partial charge in [-0.1, -0.05) is 19.3 Å². The molecule has 2 heterocycles. The molecular weight excluding hydrogens is 328 g/mol. The summed E-state index contributed by atoms with van der Waals surface area (Å²) in [6.07, 6.45) is 12.3. The first-order valence-corrected chi connectivity index (χ1v) is 10.7. The Balaban J connectivity index is 1.42. The van der Waals surface area contributed by atoms with Gasteiger partial charge in [-0.15, -0.1) is 0 Å². The van der Waals surface area contributed by atoms with E-state index in [9.17, 15) is 9.59 Å². The molecule has 1 N–H and O–H groups in total. The van der Waals surface area contributed by atoms with Crippen molar-refractivity contribution in [3.8, 4) is 0 Å². The number of carbonyl (C=O) groups is 2. The van der Waals surface area contributed by atoms with Crippen LogP contribution in [0.4, 0.5) is 0 Å². The van der Waals surface area contributed by atoms with Gasteiger partial charge in [0.2, 0.25) is 11.8 Å². The van der Waals surface area contributed by atoms with Gasteiger partial charge in [-0.2, -0.15) is 0 Å². The van der Waals surface area contributed by atoms with Crippen LogP contribution >= 0.6 is 0 Å². The SMILES string of the molecule is CC(=O)NCCC1CCOC2(CCN(C(=O)CC3CCCCC3)CC2)C1. The molecule has 1 spiro atoms. The molecule has 148 valence electrons. The van der Waals surface area contributed by atoms with Gasteiger partial charge in [0.05, 0.1) is 5.60 Å². The molecular formula is C21H36N2O3. The zero-order valence-corrected chi connectivity index (χ0v) is 16.4. The van der Waals surface area contributed by atoms with Crippen molar-refractivity contribution in [2.45, 2.75) is 83.2 Å². The number of amides is 2. The van der Waals surface area contributed by atoms with Gasteiger partial charge < -0.3 is 15.0 Å². The zero-order chi connectivity index (χ0) is 18.4. The average molecular weight is 365 g/mol. The summed E-state index contributed by atoms with van der Waals surface area (Å²) in [4.78, 5) is 25.8. The highest BCUT2D eigenvalue weighted by Gasteiger charge is 2.41. The smallest absolute Gasteiger partial charge is 0.222 e. The summed E-state index contributed by atoms with van der Waals surface area (Å²) < 4.78 is 6.22. The highest BCUT2D eigenvalue weighted by molar-refractivity contribution is 5.76. The van der Waals surface area contributed by atoms with E-state index in [2.05, 4.69) is 10.2 Å². The normalized spacial score (nSPS) is 26.7. The number of hydrogen-bond acceptors (Lipinski definition) is 3. The summed E-state index contributed by atoms with van der Waals surface area (Å²) >= 11 is 0. The Labute approximate surface area is 158 Å². The van der Waals surface area contributed by atoms with E-state index in [1.165, 1.54) is 32.1 Å². The van der Waals surface area contributed by atoms with Crippen molar-refractivity contribution in [3.63, 3.8) is 0 Å². The van der Waals surface area contributed by atoms with Crippen LogP contribution < -0.4 is 5.32 Å². The number of nitrogens with one attached hydrogen (secondary N) is 1. The third-order valence-corrected chi connectivity index (χ3v) is 6.74. The molecule has 3 aliphatic rings. The van der Waals surface area contributed by atoms with Crippen LogP contribution in [0, 0.1) is 11.8 Å². The van der Waals surface area contributed by atoms with Gasteiger partial charge in [0.15, 0.2) is 0 Å². The first kappa shape index (κ1) is 19.7. The lowest BCUT2D eigenvalue weighted by molar-refractivity contribution is -0.148. The van der Waals surface area contributed by atoms with Crippen molar-refractivity contribution in [2.75, 3.05) is 26.2 Å². The van der Waals surface area contributed by atoms with Crippen LogP contribution in [0.5, 0.6) is 0 Å². The van der Waals surface area contributed by atoms with Crippen molar-refractivity contribution in [1.29, 1.82) is 0 Å². The lowest BCUT2D eigenvalue weighted by Crippen LogP contribution is -2.51. The van der Waals surface area contributed by atoms with E-state index in [1.54, 1.807) is 6.92 Å². The molecule has 0 aromatic heterocycles. The Hall–Kier alpha value is -1.10. The summed E-state index contributed by atoms with van der Waals surface area (Å²) in [7, 11) is 0. The Bertz CT molecular complexity index is 480. The molecule has 3 rings (SSSR count). The molecule has 1 unspecified atom stereocenters. The Kier molecular flexibility index (Phi) is 6.96. The molecule has 0 radical (unpaired) electrons. The predicted octanol–water partition coefficient (Wildman–Crippen LogP) is 3.27. The molecule has 1 atom stereocenters. The fourth-order valence-electron chi connectivity index (χ4n) is 5.11. The van der Waals surface area contributed by atoms with Gasteiger partial charge in [-0.3, -0.25) is 9.59 Å². The maximum atomic E-state index is 12.7. The van der Waals surface area contributed by atoms with E-state index in [4.69, 9.17) is 4.74 Å². The average Bonchev–Trinajstić information content (AvgIpc) is 2.63. The van der Waals surface area contributed by atoms with Crippen molar-refractivity contribution >= 4 is 11.8 Å². The monoisotopic (exact) mass is 364 g/mol. The maximum absolute atomic E-state index is 12.7. The van der Waals surface area contributed by atoms with Crippen LogP contribution in [-0.4, -0.2) is 48.6 Å². The van der Waals surface area contributed by atoms with Crippen LogP contribution in [0.2, 0.25) is 0 Å². The predicted molar refractivity (Wildman–Crippen MR) is 102 cm³/mol. The van der Waals surface area contributed by atoms with E-state index in [0.29, 0.717) is 17.7 Å².